The molecule has 2 aromatic carbocycles. The van der Waals surface area contributed by atoms with E-state index in [1.807, 2.05) is 48.5 Å². The number of hydrogen-bond donors (Lipinski definition) is 1. The number of amides is 2. The maximum atomic E-state index is 12.4. The highest BCUT2D eigenvalue weighted by molar-refractivity contribution is 5.99. The van der Waals surface area contributed by atoms with E-state index in [2.05, 4.69) is 24.1 Å². The van der Waals surface area contributed by atoms with Gasteiger partial charge in [-0.3, -0.25) is 9.59 Å². The number of nitrogens with one attached hydrogen (secondary N) is 1. The third-order valence-electron chi connectivity index (χ3n) is 5.08. The number of fused-ring (bicyclic) bond motifs is 1. The summed E-state index contributed by atoms with van der Waals surface area (Å²) in [6, 6.07) is 14.7. The fraction of sp³-hybridized carbons (Fsp3) is 0.391. The second-order valence-corrected chi connectivity index (χ2v) is 7.00. The number of nitrogens with zero attached hydrogens (tertiary/aromatic N) is 2. The molecule has 7 nitrogen and oxygen atoms in total. The van der Waals surface area contributed by atoms with Gasteiger partial charge in [0.2, 0.25) is 5.91 Å². The quantitative estimate of drug-likeness (QED) is 0.650. The molecule has 0 spiro atoms. The predicted molar refractivity (Wildman–Crippen MR) is 117 cm³/mol. The van der Waals surface area contributed by atoms with Gasteiger partial charge < -0.3 is 24.6 Å². The zero-order valence-electron chi connectivity index (χ0n) is 17.6. The van der Waals surface area contributed by atoms with Crippen molar-refractivity contribution < 1.29 is 19.1 Å². The first-order chi connectivity index (χ1) is 14.6. The molecule has 2 aromatic rings. The SMILES string of the molecule is CCN(CC)CCOc1ccc(NC(=O)CCN2C(=O)COc3ccccc32)cc1. The Morgan fingerprint density at radius 1 is 1.13 bits per heavy atom. The van der Waals surface area contributed by atoms with Crippen molar-refractivity contribution in [1.82, 2.24) is 4.90 Å². The lowest BCUT2D eigenvalue weighted by Gasteiger charge is -2.29. The first-order valence-corrected chi connectivity index (χ1v) is 10.4. The second kappa shape index (κ2) is 10.6. The first kappa shape index (κ1) is 21.6. The summed E-state index contributed by atoms with van der Waals surface area (Å²) >= 11 is 0. The lowest BCUT2D eigenvalue weighted by atomic mass is 10.2. The van der Waals surface area contributed by atoms with Gasteiger partial charge in [-0.05, 0) is 49.5 Å². The van der Waals surface area contributed by atoms with Crippen LogP contribution in [0.2, 0.25) is 0 Å². The fourth-order valence-electron chi connectivity index (χ4n) is 3.30. The second-order valence-electron chi connectivity index (χ2n) is 7.00. The molecule has 160 valence electrons. The van der Waals surface area contributed by atoms with Crippen LogP contribution in [0.4, 0.5) is 11.4 Å². The smallest absolute Gasteiger partial charge is 0.265 e. The van der Waals surface area contributed by atoms with Crippen molar-refractivity contribution in [2.75, 3.05) is 49.6 Å². The Balaban J connectivity index is 1.47. The number of carbonyl (C=O) groups is 2. The molecule has 0 saturated carbocycles. The predicted octanol–water partition coefficient (Wildman–Crippen LogP) is 3.16. The summed E-state index contributed by atoms with van der Waals surface area (Å²) in [6.45, 7) is 8.09. The minimum Gasteiger partial charge on any atom is -0.492 e. The highest BCUT2D eigenvalue weighted by Crippen LogP contribution is 2.31. The number of carbonyl (C=O) groups excluding carboxylic acids is 2. The topological polar surface area (TPSA) is 71.1 Å². The van der Waals surface area contributed by atoms with Crippen LogP contribution in [0, 0.1) is 0 Å². The molecule has 0 bridgehead atoms. The molecular formula is C23H29N3O4. The van der Waals surface area contributed by atoms with Crippen molar-refractivity contribution in [3.05, 3.63) is 48.5 Å². The molecule has 2 amide bonds. The van der Waals surface area contributed by atoms with E-state index in [0.717, 1.165) is 25.4 Å². The number of hydrogen-bond acceptors (Lipinski definition) is 5. The van der Waals surface area contributed by atoms with E-state index in [4.69, 9.17) is 9.47 Å². The van der Waals surface area contributed by atoms with E-state index >= 15 is 0 Å². The molecule has 0 aromatic heterocycles. The molecule has 1 aliphatic heterocycles. The molecule has 0 radical (unpaired) electrons. The Morgan fingerprint density at radius 3 is 2.60 bits per heavy atom. The zero-order chi connectivity index (χ0) is 21.3. The maximum absolute atomic E-state index is 12.4. The number of anilines is 2. The molecular weight excluding hydrogens is 382 g/mol. The molecule has 7 heteroatoms. The molecule has 0 unspecified atom stereocenters. The summed E-state index contributed by atoms with van der Waals surface area (Å²) in [5.41, 5.74) is 1.40. The molecule has 30 heavy (non-hydrogen) atoms. The van der Waals surface area contributed by atoms with E-state index in [0.29, 0.717) is 30.3 Å². The van der Waals surface area contributed by atoms with Gasteiger partial charge in [-0.25, -0.2) is 0 Å². The Bertz CT molecular complexity index is 850. The van der Waals surface area contributed by atoms with E-state index in [9.17, 15) is 9.59 Å². The van der Waals surface area contributed by atoms with Crippen LogP contribution in [0.15, 0.2) is 48.5 Å². The summed E-state index contributed by atoms with van der Waals surface area (Å²) in [7, 11) is 0. The average molecular weight is 412 g/mol. The van der Waals surface area contributed by atoms with Crippen LogP contribution in [0.5, 0.6) is 11.5 Å². The monoisotopic (exact) mass is 411 g/mol. The van der Waals surface area contributed by atoms with Crippen LogP contribution in [0.3, 0.4) is 0 Å². The van der Waals surface area contributed by atoms with Gasteiger partial charge in [0.1, 0.15) is 18.1 Å². The number of ether oxygens (including phenoxy) is 2. The summed E-state index contributed by atoms with van der Waals surface area (Å²) in [4.78, 5) is 28.4. The third-order valence-corrected chi connectivity index (χ3v) is 5.08. The van der Waals surface area contributed by atoms with Crippen LogP contribution in [-0.4, -0.2) is 56.1 Å². The van der Waals surface area contributed by atoms with Gasteiger partial charge in [-0.2, -0.15) is 0 Å². The van der Waals surface area contributed by atoms with Gasteiger partial charge >= 0.3 is 0 Å². The highest BCUT2D eigenvalue weighted by Gasteiger charge is 2.25. The highest BCUT2D eigenvalue weighted by atomic mass is 16.5. The summed E-state index contributed by atoms with van der Waals surface area (Å²) in [6.07, 6.45) is 0.197. The van der Waals surface area contributed by atoms with Gasteiger partial charge in [0.05, 0.1) is 5.69 Å². The van der Waals surface area contributed by atoms with E-state index in [1.165, 1.54) is 0 Å². The first-order valence-electron chi connectivity index (χ1n) is 10.4. The number of likely N-dealkylation sites (N-methyl/N-ethyl adjacent to an activating group) is 1. The Kier molecular flexibility index (Phi) is 7.68. The molecule has 1 heterocycles. The Morgan fingerprint density at radius 2 is 1.87 bits per heavy atom. The van der Waals surface area contributed by atoms with Crippen molar-refractivity contribution in [3.8, 4) is 11.5 Å². The van der Waals surface area contributed by atoms with E-state index in [1.54, 1.807) is 4.90 Å². The van der Waals surface area contributed by atoms with Gasteiger partial charge in [0.25, 0.3) is 5.91 Å². The average Bonchev–Trinajstić information content (AvgIpc) is 2.77. The van der Waals surface area contributed by atoms with Gasteiger partial charge in [0.15, 0.2) is 6.61 Å². The molecule has 1 N–H and O–H groups in total. The van der Waals surface area contributed by atoms with Crippen LogP contribution in [0.1, 0.15) is 20.3 Å². The van der Waals surface area contributed by atoms with Gasteiger partial charge in [-0.1, -0.05) is 26.0 Å². The Labute approximate surface area is 177 Å². The van der Waals surface area contributed by atoms with Crippen LogP contribution in [0.25, 0.3) is 0 Å². The number of para-hydroxylation sites is 2. The Hall–Kier alpha value is -3.06. The largest absolute Gasteiger partial charge is 0.492 e. The normalized spacial score (nSPS) is 13.0. The molecule has 0 saturated heterocycles. The van der Waals surface area contributed by atoms with Crippen molar-refractivity contribution >= 4 is 23.2 Å². The molecule has 3 rings (SSSR count). The lowest BCUT2D eigenvalue weighted by molar-refractivity contribution is -0.121. The van der Waals surface area contributed by atoms with Crippen molar-refractivity contribution in [1.29, 1.82) is 0 Å². The minimum atomic E-state index is -0.151. The lowest BCUT2D eigenvalue weighted by Crippen LogP contribution is -2.40. The fourth-order valence-corrected chi connectivity index (χ4v) is 3.30. The third kappa shape index (κ3) is 5.73. The molecule has 0 aliphatic carbocycles. The zero-order valence-corrected chi connectivity index (χ0v) is 17.6. The van der Waals surface area contributed by atoms with E-state index < -0.39 is 0 Å². The standard InChI is InChI=1S/C23H29N3O4/c1-3-25(4-2)15-16-29-19-11-9-18(10-12-19)24-22(27)13-14-26-20-7-5-6-8-21(20)30-17-23(26)28/h5-12H,3-4,13-17H2,1-2H3,(H,24,27). The van der Waals surface area contributed by atoms with Gasteiger partial charge in [-0.15, -0.1) is 0 Å². The summed E-state index contributed by atoms with van der Waals surface area (Å²) in [5.74, 6) is 1.14. The number of rotatable bonds is 10. The van der Waals surface area contributed by atoms with Crippen molar-refractivity contribution in [2.45, 2.75) is 20.3 Å². The van der Waals surface area contributed by atoms with Crippen LogP contribution < -0.4 is 19.7 Å². The minimum absolute atomic E-state index is 0.00559. The van der Waals surface area contributed by atoms with Crippen molar-refractivity contribution in [3.63, 3.8) is 0 Å². The molecule has 0 fully saturated rings. The summed E-state index contributed by atoms with van der Waals surface area (Å²) < 4.78 is 11.2. The molecule has 1 aliphatic rings. The van der Waals surface area contributed by atoms with E-state index in [-0.39, 0.29) is 24.8 Å². The van der Waals surface area contributed by atoms with Crippen molar-refractivity contribution in [2.24, 2.45) is 0 Å². The van der Waals surface area contributed by atoms with Crippen LogP contribution in [-0.2, 0) is 9.59 Å². The number of benzene rings is 2. The molecule has 0 atom stereocenters. The van der Waals surface area contributed by atoms with Crippen LogP contribution >= 0.6 is 0 Å². The summed E-state index contributed by atoms with van der Waals surface area (Å²) in [5, 5.41) is 2.87. The maximum Gasteiger partial charge on any atom is 0.265 e. The van der Waals surface area contributed by atoms with Gasteiger partial charge in [0, 0.05) is 25.2 Å².